The topological polar surface area (TPSA) is 0 Å². The third-order valence-corrected chi connectivity index (χ3v) is 1.68. The van der Waals surface area contributed by atoms with Gasteiger partial charge in [-0.15, -0.1) is 0 Å². The molecule has 7 heavy (non-hydrogen) atoms. The quantitative estimate of drug-likeness (QED) is 0.588. The first-order chi connectivity index (χ1) is 1.91. The summed E-state index contributed by atoms with van der Waals surface area (Å²) in [5, 5.41) is 0. The van der Waals surface area contributed by atoms with E-state index in [4.69, 9.17) is 0 Å². The molecule has 0 heterocycles. The predicted octanol–water partition coefficient (Wildman–Crippen LogP) is 1.44. The molecule has 0 atom stereocenters. The molecule has 0 saturated carbocycles. The molecule has 0 spiro atoms. The molecule has 0 aromatic heterocycles. The minimum absolute atomic E-state index is 0. The molecule has 0 unspecified atom stereocenters. The Labute approximate surface area is 54.9 Å². The van der Waals surface area contributed by atoms with E-state index >= 15 is 0 Å². The second-order valence-corrected chi connectivity index (χ2v) is 2.18. The molecule has 0 amide bonds. The van der Waals surface area contributed by atoms with Gasteiger partial charge in [0.2, 0.25) is 0 Å². The van der Waals surface area contributed by atoms with E-state index in [9.17, 15) is 0 Å². The van der Waals surface area contributed by atoms with Crippen LogP contribution in [0.1, 0.15) is 13.3 Å². The molecule has 0 bridgehead atoms. The zero-order chi connectivity index (χ0) is 3.41. The maximum Gasteiger partial charge on any atom is -0.269 e. The van der Waals surface area contributed by atoms with Gasteiger partial charge in [0.1, 0.15) is 0 Å². The average Bonchev–Trinajstić information content (AvgIpc) is 1.37. The van der Waals surface area contributed by atoms with Crippen LogP contribution in [0.15, 0.2) is 0 Å². The molecule has 0 nitrogen and oxygen atoms in total. The smallest absolute Gasteiger partial charge is 0.269 e. The minimum Gasteiger partial charge on any atom is -0.269 e. The summed E-state index contributed by atoms with van der Waals surface area (Å²) >= 11 is 1.67. The van der Waals surface area contributed by atoms with Crippen LogP contribution in [0.3, 0.4) is 0 Å². The Morgan fingerprint density at radius 2 is 1.29 bits per heavy atom. The molecule has 0 saturated heterocycles. The zero-order valence-electron chi connectivity index (χ0n) is 4.14. The number of hydrogen-bond donors (Lipinski definition) is 0. The van der Waals surface area contributed by atoms with E-state index in [2.05, 4.69) is 6.92 Å². The van der Waals surface area contributed by atoms with E-state index in [1.54, 1.807) is 22.5 Å². The van der Waals surface area contributed by atoms with Gasteiger partial charge in [0, 0.05) is 0 Å². The molecule has 0 aliphatic rings. The second kappa shape index (κ2) is 30.7. The summed E-state index contributed by atoms with van der Waals surface area (Å²) in [5.74, 6) is 0. The van der Waals surface area contributed by atoms with E-state index in [0.717, 1.165) is 0 Å². The third-order valence-electron chi connectivity index (χ3n) is 0.250. The normalized spacial score (nSPS) is 4.29. The van der Waals surface area contributed by atoms with Crippen molar-refractivity contribution in [3.8, 4) is 0 Å². The van der Waals surface area contributed by atoms with Crippen LogP contribution in [0, 0.1) is 0 Å². The van der Waals surface area contributed by atoms with Gasteiger partial charge in [-0.2, -0.15) is 0 Å². The third kappa shape index (κ3) is 55.0. The summed E-state index contributed by atoms with van der Waals surface area (Å²) < 4.78 is 1.41. The van der Waals surface area contributed by atoms with Crippen molar-refractivity contribution in [1.82, 2.24) is 0 Å². The number of hydrogen-bond acceptors (Lipinski definition) is 0. The fourth-order valence-corrected chi connectivity index (χ4v) is 0. The molecule has 0 rings (SSSR count). The summed E-state index contributed by atoms with van der Waals surface area (Å²) in [5.41, 5.74) is 0. The van der Waals surface area contributed by atoms with Crippen LogP contribution in [0.25, 0.3) is 0 Å². The first-order valence-electron chi connectivity index (χ1n) is 1.56. The van der Waals surface area contributed by atoms with Gasteiger partial charge in [-0.3, -0.25) is 14.1 Å². The first kappa shape index (κ1) is 25.6. The van der Waals surface area contributed by atoms with Crippen LogP contribution < -0.4 is 0 Å². The van der Waals surface area contributed by atoms with Crippen LogP contribution in [0.2, 0.25) is 4.44 Å². The Morgan fingerprint density at radius 1 is 1.14 bits per heavy atom. The second-order valence-electron chi connectivity index (χ2n) is 0.750. The Bertz CT molecular complexity index is 12.1. The van der Waals surface area contributed by atoms with Gasteiger partial charge in [0.15, 0.2) is 0 Å². The van der Waals surface area contributed by atoms with Crippen molar-refractivity contribution in [2.45, 2.75) is 17.8 Å². The molecular weight excluding hydrogens is 212 g/mol. The zero-order valence-corrected chi connectivity index (χ0v) is 6.99. The molecule has 0 N–H and O–H groups in total. The van der Waals surface area contributed by atoms with Crippen molar-refractivity contribution in [2.75, 3.05) is 0 Å². The van der Waals surface area contributed by atoms with E-state index in [0.29, 0.717) is 0 Å². The van der Waals surface area contributed by atoms with Crippen molar-refractivity contribution in [1.29, 1.82) is 0 Å². The molecule has 47 valence electrons. The van der Waals surface area contributed by atoms with Gasteiger partial charge in [-0.25, -0.2) is 0 Å². The summed E-state index contributed by atoms with van der Waals surface area (Å²) in [6.07, 6.45) is 1.36. The van der Waals surface area contributed by atoms with Gasteiger partial charge in [0.05, 0.1) is 0 Å². The van der Waals surface area contributed by atoms with Gasteiger partial charge in [0.25, 0.3) is 0 Å². The van der Waals surface area contributed by atoms with Gasteiger partial charge < -0.3 is 0 Å². The van der Waals surface area contributed by atoms with Crippen LogP contribution in [0.5, 0.6) is 0 Å². The Hall–Kier alpha value is 0.589. The minimum atomic E-state index is 0. The van der Waals surface area contributed by atoms with Crippen molar-refractivity contribution < 1.29 is 14.1 Å². The maximum absolute atomic E-state index is 2.20. The van der Waals surface area contributed by atoms with Gasteiger partial charge >= 0.3 is 40.3 Å². The fraction of sp³-hybridized carbons (Fsp3) is 1.00. The van der Waals surface area contributed by atoms with E-state index in [-0.39, 0.29) is 14.1 Å². The summed E-state index contributed by atoms with van der Waals surface area (Å²) in [7, 11) is 0. The Kier molecular flexibility index (Phi) is 112. The van der Waals surface area contributed by atoms with Crippen molar-refractivity contribution in [3.63, 3.8) is 0 Å². The number of rotatable bonds is 1. The Balaban J connectivity index is -0.0000000150. The van der Waals surface area contributed by atoms with E-state index in [1.807, 2.05) is 0 Å². The summed E-state index contributed by atoms with van der Waals surface area (Å²) in [4.78, 5) is 0. The monoisotopic (exact) mass is 223 g/mol. The van der Waals surface area contributed by atoms with Crippen LogP contribution in [-0.2, 0) is 0 Å². The largest absolute Gasteiger partial charge is 0.269 e. The molecule has 4 heteroatoms. The van der Waals surface area contributed by atoms with E-state index in [1.165, 1.54) is 10.9 Å². The predicted molar refractivity (Wildman–Crippen MR) is 28.4 cm³/mol. The fourth-order valence-electron chi connectivity index (χ4n) is 0. The summed E-state index contributed by atoms with van der Waals surface area (Å²) in [6.45, 7) is 2.20. The molecule has 0 aliphatic heterocycles. The van der Waals surface area contributed by atoms with Crippen molar-refractivity contribution in [2.24, 2.45) is 0 Å². The first-order valence-corrected chi connectivity index (χ1v) is 3.58. The van der Waals surface area contributed by atoms with Gasteiger partial charge in [-0.1, -0.05) is 0 Å². The maximum atomic E-state index is 2.20. The van der Waals surface area contributed by atoms with Crippen LogP contribution in [0.4, 0.5) is 14.1 Å². The van der Waals surface area contributed by atoms with Crippen LogP contribution in [-0.4, -0.2) is 22.5 Å². The standard InChI is InChI=1S/C3H7.3FH.Sn/c1-3-2;;;;/h1,3H2,2H3;3*1H;. The van der Waals surface area contributed by atoms with Crippen molar-refractivity contribution in [3.05, 3.63) is 0 Å². The molecule has 3 radical (unpaired) electrons. The number of halogens is 3. The van der Waals surface area contributed by atoms with Crippen molar-refractivity contribution >= 4 is 22.5 Å². The molecular formula is C3H10F3Sn. The molecule has 0 aromatic rings. The SMILES string of the molecule is CC[CH2][Sn].F.F.F. The van der Waals surface area contributed by atoms with E-state index < -0.39 is 0 Å². The molecule has 0 aromatic carbocycles. The summed E-state index contributed by atoms with van der Waals surface area (Å²) in [6, 6.07) is 0. The molecule has 0 fully saturated rings. The molecule has 0 aliphatic carbocycles. The Morgan fingerprint density at radius 3 is 1.29 bits per heavy atom. The van der Waals surface area contributed by atoms with Crippen LogP contribution >= 0.6 is 0 Å². The average molecular weight is 222 g/mol. The van der Waals surface area contributed by atoms with Gasteiger partial charge in [-0.05, 0) is 0 Å².